The normalized spacial score (nSPS) is 13.4. The van der Waals surface area contributed by atoms with Gasteiger partial charge in [0.05, 0.1) is 0 Å². The third-order valence-electron chi connectivity index (χ3n) is 2.44. The first-order chi connectivity index (χ1) is 8.39. The molecule has 0 fully saturated rings. The summed E-state index contributed by atoms with van der Waals surface area (Å²) in [5.74, 6) is -0.0872. The molecular weight excluding hydrogens is 258 g/mol. The zero-order chi connectivity index (χ0) is 13.3. The van der Waals surface area contributed by atoms with Crippen LogP contribution >= 0.6 is 0 Å². The molecule has 0 aliphatic rings. The van der Waals surface area contributed by atoms with Crippen molar-refractivity contribution in [2.75, 3.05) is 6.26 Å². The SMILES string of the molecule is CC(c1noc(-c2ncccc2O)n1)S(C)(=O)=O. The van der Waals surface area contributed by atoms with Crippen LogP contribution in [-0.4, -0.2) is 34.9 Å². The quantitative estimate of drug-likeness (QED) is 0.883. The van der Waals surface area contributed by atoms with E-state index in [9.17, 15) is 13.5 Å². The molecule has 1 atom stereocenters. The molecule has 18 heavy (non-hydrogen) atoms. The Hall–Kier alpha value is -1.96. The lowest BCUT2D eigenvalue weighted by Gasteiger charge is -2.01. The van der Waals surface area contributed by atoms with Gasteiger partial charge in [0.2, 0.25) is 0 Å². The molecule has 0 bridgehead atoms. The third-order valence-corrected chi connectivity index (χ3v) is 3.93. The Kier molecular flexibility index (Phi) is 3.04. The average Bonchev–Trinajstić information content (AvgIpc) is 2.76. The maximum Gasteiger partial charge on any atom is 0.280 e. The number of nitrogens with zero attached hydrogens (tertiary/aromatic N) is 3. The van der Waals surface area contributed by atoms with Crippen LogP contribution in [0.15, 0.2) is 22.9 Å². The van der Waals surface area contributed by atoms with E-state index in [-0.39, 0.29) is 23.2 Å². The summed E-state index contributed by atoms with van der Waals surface area (Å²) in [6, 6.07) is 2.97. The Labute approximate surface area is 103 Å². The standard InChI is InChI=1S/C10H11N3O4S/c1-6(18(2,15)16)9-12-10(17-13-9)8-7(14)4-3-5-11-8/h3-6,14H,1-2H3. The van der Waals surface area contributed by atoms with Gasteiger partial charge >= 0.3 is 0 Å². The van der Waals surface area contributed by atoms with E-state index < -0.39 is 15.1 Å². The number of hydrogen-bond acceptors (Lipinski definition) is 7. The van der Waals surface area contributed by atoms with Crippen LogP contribution in [0.4, 0.5) is 0 Å². The minimum absolute atomic E-state index is 0.0152. The molecule has 0 aliphatic carbocycles. The van der Waals surface area contributed by atoms with Gasteiger partial charge in [-0.2, -0.15) is 4.98 Å². The largest absolute Gasteiger partial charge is 0.505 e. The molecule has 7 nitrogen and oxygen atoms in total. The lowest BCUT2D eigenvalue weighted by Crippen LogP contribution is -2.09. The van der Waals surface area contributed by atoms with Gasteiger partial charge in [-0.15, -0.1) is 0 Å². The van der Waals surface area contributed by atoms with Crippen LogP contribution in [0.25, 0.3) is 11.6 Å². The Morgan fingerprint density at radius 1 is 1.44 bits per heavy atom. The molecule has 1 N–H and O–H groups in total. The van der Waals surface area contributed by atoms with Crippen molar-refractivity contribution in [2.45, 2.75) is 12.2 Å². The van der Waals surface area contributed by atoms with E-state index in [0.717, 1.165) is 6.26 Å². The van der Waals surface area contributed by atoms with Crippen molar-refractivity contribution in [3.63, 3.8) is 0 Å². The Morgan fingerprint density at radius 3 is 2.78 bits per heavy atom. The van der Waals surface area contributed by atoms with Gasteiger partial charge in [0.25, 0.3) is 5.89 Å². The topological polar surface area (TPSA) is 106 Å². The summed E-state index contributed by atoms with van der Waals surface area (Å²) in [5, 5.41) is 12.3. The van der Waals surface area contributed by atoms with Crippen molar-refractivity contribution < 1.29 is 18.0 Å². The molecular formula is C10H11N3O4S. The van der Waals surface area contributed by atoms with Crippen molar-refractivity contribution in [1.82, 2.24) is 15.1 Å². The summed E-state index contributed by atoms with van der Waals surface area (Å²) in [5.41, 5.74) is 0.122. The van der Waals surface area contributed by atoms with E-state index in [1.807, 2.05) is 0 Å². The average molecular weight is 269 g/mol. The van der Waals surface area contributed by atoms with Crippen LogP contribution in [0.2, 0.25) is 0 Å². The van der Waals surface area contributed by atoms with E-state index in [0.29, 0.717) is 0 Å². The molecule has 0 spiro atoms. The highest BCUT2D eigenvalue weighted by atomic mass is 32.2. The van der Waals surface area contributed by atoms with Gasteiger partial charge in [-0.25, -0.2) is 13.4 Å². The highest BCUT2D eigenvalue weighted by Gasteiger charge is 2.24. The fraction of sp³-hybridized carbons (Fsp3) is 0.300. The second kappa shape index (κ2) is 4.37. The van der Waals surface area contributed by atoms with Gasteiger partial charge in [0, 0.05) is 12.5 Å². The molecule has 0 amide bonds. The van der Waals surface area contributed by atoms with Gasteiger partial charge in [-0.1, -0.05) is 5.16 Å². The Bertz CT molecular complexity index is 665. The van der Waals surface area contributed by atoms with Gasteiger partial charge < -0.3 is 9.63 Å². The van der Waals surface area contributed by atoms with E-state index >= 15 is 0 Å². The highest BCUT2D eigenvalue weighted by Crippen LogP contribution is 2.26. The molecule has 8 heteroatoms. The van der Waals surface area contributed by atoms with Crippen LogP contribution in [0.5, 0.6) is 5.75 Å². The number of pyridine rings is 1. The van der Waals surface area contributed by atoms with Crippen molar-refractivity contribution in [3.8, 4) is 17.3 Å². The van der Waals surface area contributed by atoms with Crippen molar-refractivity contribution in [3.05, 3.63) is 24.2 Å². The lowest BCUT2D eigenvalue weighted by atomic mass is 10.3. The first kappa shape index (κ1) is 12.5. The number of hydrogen-bond donors (Lipinski definition) is 1. The lowest BCUT2D eigenvalue weighted by molar-refractivity contribution is 0.414. The molecule has 2 aromatic rings. The molecule has 0 radical (unpaired) electrons. The van der Waals surface area contributed by atoms with E-state index in [4.69, 9.17) is 4.52 Å². The van der Waals surface area contributed by atoms with Gasteiger partial charge in [0.1, 0.15) is 11.0 Å². The zero-order valence-corrected chi connectivity index (χ0v) is 10.5. The van der Waals surface area contributed by atoms with Crippen LogP contribution in [-0.2, 0) is 9.84 Å². The smallest absolute Gasteiger partial charge is 0.280 e. The summed E-state index contributed by atoms with van der Waals surface area (Å²) in [6.45, 7) is 1.46. The fourth-order valence-corrected chi connectivity index (χ4v) is 1.73. The maximum atomic E-state index is 11.4. The zero-order valence-electron chi connectivity index (χ0n) is 9.73. The molecule has 2 aromatic heterocycles. The molecule has 2 rings (SSSR count). The summed E-state index contributed by atoms with van der Waals surface area (Å²) < 4.78 is 27.6. The minimum Gasteiger partial charge on any atom is -0.505 e. The summed E-state index contributed by atoms with van der Waals surface area (Å²) in [4.78, 5) is 7.82. The summed E-state index contributed by atoms with van der Waals surface area (Å²) >= 11 is 0. The number of aromatic hydroxyl groups is 1. The van der Waals surface area contributed by atoms with E-state index in [2.05, 4.69) is 15.1 Å². The summed E-state index contributed by atoms with van der Waals surface area (Å²) in [6.07, 6.45) is 2.55. The molecule has 0 aromatic carbocycles. The van der Waals surface area contributed by atoms with Gasteiger partial charge in [0.15, 0.2) is 21.4 Å². The molecule has 0 aliphatic heterocycles. The molecule has 0 saturated heterocycles. The fourth-order valence-electron chi connectivity index (χ4n) is 1.25. The van der Waals surface area contributed by atoms with Crippen molar-refractivity contribution >= 4 is 9.84 Å². The van der Waals surface area contributed by atoms with Gasteiger partial charge in [-0.05, 0) is 19.1 Å². The minimum atomic E-state index is -3.30. The van der Waals surface area contributed by atoms with Crippen LogP contribution < -0.4 is 0 Å². The molecule has 2 heterocycles. The number of sulfone groups is 1. The van der Waals surface area contributed by atoms with Crippen molar-refractivity contribution in [2.24, 2.45) is 0 Å². The number of rotatable bonds is 3. The predicted molar refractivity (Wildman–Crippen MR) is 62.5 cm³/mol. The third kappa shape index (κ3) is 2.33. The van der Waals surface area contributed by atoms with E-state index in [1.54, 1.807) is 6.07 Å². The maximum absolute atomic E-state index is 11.4. The predicted octanol–water partition coefficient (Wildman–Crippen LogP) is 0.943. The second-order valence-corrected chi connectivity index (χ2v) is 6.17. The second-order valence-electron chi connectivity index (χ2n) is 3.80. The highest BCUT2D eigenvalue weighted by molar-refractivity contribution is 7.90. The first-order valence-corrected chi connectivity index (χ1v) is 7.02. The van der Waals surface area contributed by atoms with E-state index in [1.165, 1.54) is 19.2 Å². The van der Waals surface area contributed by atoms with Gasteiger partial charge in [-0.3, -0.25) is 0 Å². The van der Waals surface area contributed by atoms with Crippen LogP contribution in [0.3, 0.4) is 0 Å². The Morgan fingerprint density at radius 2 is 2.17 bits per heavy atom. The van der Waals surface area contributed by atoms with Crippen LogP contribution in [0, 0.1) is 0 Å². The van der Waals surface area contributed by atoms with Crippen molar-refractivity contribution in [1.29, 1.82) is 0 Å². The van der Waals surface area contributed by atoms with Crippen LogP contribution in [0.1, 0.15) is 18.0 Å². The summed E-state index contributed by atoms with van der Waals surface area (Å²) in [7, 11) is -3.30. The molecule has 1 unspecified atom stereocenters. The monoisotopic (exact) mass is 269 g/mol. The first-order valence-electron chi connectivity index (χ1n) is 5.06. The molecule has 0 saturated carbocycles. The Balaban J connectivity index is 2.41. The number of aromatic nitrogens is 3. The molecule has 96 valence electrons.